The summed E-state index contributed by atoms with van der Waals surface area (Å²) in [7, 11) is 0. The monoisotopic (exact) mass is 755 g/mol. The van der Waals surface area contributed by atoms with Crippen LogP contribution in [0.15, 0.2) is 60.8 Å². The Labute approximate surface area is 332 Å². The van der Waals surface area contributed by atoms with Crippen LogP contribution in [0.3, 0.4) is 0 Å². The fraction of sp³-hybridized carbons (Fsp3) is 0.729. The quantitative estimate of drug-likeness (QED) is 0.0204. The summed E-state index contributed by atoms with van der Waals surface area (Å²) in [6.07, 6.45) is 50.7. The molecule has 0 spiro atoms. The van der Waals surface area contributed by atoms with Gasteiger partial charge in [-0.25, -0.2) is 0 Å². The van der Waals surface area contributed by atoms with E-state index < -0.39 is 6.10 Å². The van der Waals surface area contributed by atoms with Gasteiger partial charge in [-0.2, -0.15) is 0 Å². The number of rotatable bonds is 39. The van der Waals surface area contributed by atoms with Crippen molar-refractivity contribution in [2.75, 3.05) is 13.2 Å². The summed E-state index contributed by atoms with van der Waals surface area (Å²) < 4.78 is 16.6. The molecule has 0 fully saturated rings. The first-order valence-electron chi connectivity index (χ1n) is 22.3. The molecule has 0 amide bonds. The van der Waals surface area contributed by atoms with E-state index in [2.05, 4.69) is 75.5 Å². The standard InChI is InChI=1S/C48H82O6/c1-4-7-10-13-16-19-21-23-25-26-29-32-35-38-41-47(50)53-44-45(43-52-46(49)40-37-34-31-28-18-15-12-9-6-3)54-48(51)42-39-36-33-30-27-24-22-20-17-14-11-8-5-2/h8,11,14,17,20,22,25-26,28,31,45H,4-7,9-10,12-13,15-16,18-19,21,23-24,27,29-30,32-44H2,1-3H3/b11-8-,17-14-,22-20-,26-25-,31-28-. The molecule has 1 unspecified atom stereocenters. The Balaban J connectivity index is 4.44. The Hall–Kier alpha value is -2.89. The van der Waals surface area contributed by atoms with E-state index >= 15 is 0 Å². The maximum atomic E-state index is 12.7. The Morgan fingerprint density at radius 3 is 1.28 bits per heavy atom. The zero-order chi connectivity index (χ0) is 39.4. The van der Waals surface area contributed by atoms with Gasteiger partial charge in [0.25, 0.3) is 0 Å². The minimum Gasteiger partial charge on any atom is -0.462 e. The second-order valence-corrected chi connectivity index (χ2v) is 14.6. The number of carbonyl (C=O) groups excluding carboxylic acids is 3. The molecule has 0 aliphatic carbocycles. The molecule has 0 saturated heterocycles. The van der Waals surface area contributed by atoms with Crippen LogP contribution in [0.5, 0.6) is 0 Å². The maximum Gasteiger partial charge on any atom is 0.306 e. The number of ether oxygens (including phenoxy) is 3. The molecule has 0 N–H and O–H groups in total. The molecule has 0 radical (unpaired) electrons. The number of unbranched alkanes of at least 4 members (excludes halogenated alkanes) is 20. The van der Waals surface area contributed by atoms with Crippen LogP contribution in [0.25, 0.3) is 0 Å². The molecule has 0 aliphatic heterocycles. The number of carbonyl (C=O) groups is 3. The number of allylic oxidation sites excluding steroid dienone is 10. The van der Waals surface area contributed by atoms with Gasteiger partial charge < -0.3 is 14.2 Å². The van der Waals surface area contributed by atoms with Crippen LogP contribution in [0, 0.1) is 0 Å². The topological polar surface area (TPSA) is 78.9 Å². The zero-order valence-corrected chi connectivity index (χ0v) is 35.2. The summed E-state index contributed by atoms with van der Waals surface area (Å²) in [6, 6.07) is 0. The summed E-state index contributed by atoms with van der Waals surface area (Å²) in [4.78, 5) is 37.6. The van der Waals surface area contributed by atoms with Gasteiger partial charge >= 0.3 is 17.9 Å². The van der Waals surface area contributed by atoms with Crippen molar-refractivity contribution in [3.05, 3.63) is 60.8 Å². The molecule has 0 aromatic rings. The highest BCUT2D eigenvalue weighted by molar-refractivity contribution is 5.71. The van der Waals surface area contributed by atoms with Gasteiger partial charge in [0.1, 0.15) is 13.2 Å². The van der Waals surface area contributed by atoms with Gasteiger partial charge in [0, 0.05) is 19.3 Å². The molecule has 54 heavy (non-hydrogen) atoms. The van der Waals surface area contributed by atoms with Gasteiger partial charge in [-0.15, -0.1) is 0 Å². The molecule has 310 valence electrons. The highest BCUT2D eigenvalue weighted by Crippen LogP contribution is 2.12. The van der Waals surface area contributed by atoms with Gasteiger partial charge in [-0.3, -0.25) is 14.4 Å². The first-order chi connectivity index (χ1) is 26.5. The van der Waals surface area contributed by atoms with Crippen molar-refractivity contribution < 1.29 is 28.6 Å². The van der Waals surface area contributed by atoms with Crippen molar-refractivity contribution in [2.45, 2.75) is 213 Å². The third-order valence-corrected chi connectivity index (χ3v) is 9.29. The highest BCUT2D eigenvalue weighted by Gasteiger charge is 2.19. The first kappa shape index (κ1) is 51.1. The highest BCUT2D eigenvalue weighted by atomic mass is 16.6. The number of hydrogen-bond donors (Lipinski definition) is 0. The van der Waals surface area contributed by atoms with E-state index in [9.17, 15) is 14.4 Å². The van der Waals surface area contributed by atoms with E-state index in [4.69, 9.17) is 14.2 Å². The summed E-state index contributed by atoms with van der Waals surface area (Å²) in [5.41, 5.74) is 0. The Kier molecular flexibility index (Phi) is 40.6. The van der Waals surface area contributed by atoms with Crippen molar-refractivity contribution in [3.63, 3.8) is 0 Å². The summed E-state index contributed by atoms with van der Waals surface area (Å²) in [6.45, 7) is 6.39. The van der Waals surface area contributed by atoms with Gasteiger partial charge in [0.05, 0.1) is 0 Å². The molecule has 0 rings (SSSR count). The number of esters is 3. The predicted octanol–water partition coefficient (Wildman–Crippen LogP) is 14.1. The Bertz CT molecular complexity index is 1010. The van der Waals surface area contributed by atoms with E-state index in [-0.39, 0.29) is 31.1 Å². The van der Waals surface area contributed by atoms with Crippen molar-refractivity contribution in [1.82, 2.24) is 0 Å². The number of hydrogen-bond acceptors (Lipinski definition) is 6. The predicted molar refractivity (Wildman–Crippen MR) is 228 cm³/mol. The second-order valence-electron chi connectivity index (χ2n) is 14.6. The van der Waals surface area contributed by atoms with Crippen molar-refractivity contribution in [2.24, 2.45) is 0 Å². The smallest absolute Gasteiger partial charge is 0.306 e. The molecule has 0 aromatic heterocycles. The zero-order valence-electron chi connectivity index (χ0n) is 35.2. The molecule has 0 saturated carbocycles. The third-order valence-electron chi connectivity index (χ3n) is 9.29. The van der Waals surface area contributed by atoms with Crippen LogP contribution in [0.4, 0.5) is 0 Å². The second kappa shape index (κ2) is 42.8. The first-order valence-corrected chi connectivity index (χ1v) is 22.3. The lowest BCUT2D eigenvalue weighted by molar-refractivity contribution is -0.167. The molecule has 0 bridgehead atoms. The van der Waals surface area contributed by atoms with E-state index in [1.807, 2.05) is 6.08 Å². The summed E-state index contributed by atoms with van der Waals surface area (Å²) >= 11 is 0. The molecule has 6 nitrogen and oxygen atoms in total. The van der Waals surface area contributed by atoms with Crippen molar-refractivity contribution in [1.29, 1.82) is 0 Å². The molecule has 0 aliphatic rings. The van der Waals surface area contributed by atoms with Gasteiger partial charge in [0.15, 0.2) is 6.10 Å². The van der Waals surface area contributed by atoms with Gasteiger partial charge in [-0.05, 0) is 83.5 Å². The molecular formula is C48H82O6. The molecule has 6 heteroatoms. The summed E-state index contributed by atoms with van der Waals surface area (Å²) in [5, 5.41) is 0. The fourth-order valence-corrected chi connectivity index (χ4v) is 5.91. The van der Waals surface area contributed by atoms with Crippen LogP contribution in [0.1, 0.15) is 207 Å². The van der Waals surface area contributed by atoms with Gasteiger partial charge in [0.2, 0.25) is 0 Å². The lowest BCUT2D eigenvalue weighted by atomic mass is 10.1. The molecule has 0 heterocycles. The lowest BCUT2D eigenvalue weighted by Crippen LogP contribution is -2.30. The van der Waals surface area contributed by atoms with Crippen LogP contribution >= 0.6 is 0 Å². The van der Waals surface area contributed by atoms with Gasteiger partial charge in [-0.1, -0.05) is 165 Å². The van der Waals surface area contributed by atoms with Crippen LogP contribution in [0.2, 0.25) is 0 Å². The minimum absolute atomic E-state index is 0.0996. The van der Waals surface area contributed by atoms with Crippen LogP contribution < -0.4 is 0 Å². The third kappa shape index (κ3) is 40.3. The van der Waals surface area contributed by atoms with E-state index in [1.54, 1.807) is 0 Å². The minimum atomic E-state index is -0.798. The summed E-state index contributed by atoms with van der Waals surface area (Å²) in [5.74, 6) is -0.977. The Morgan fingerprint density at radius 1 is 0.389 bits per heavy atom. The van der Waals surface area contributed by atoms with Crippen molar-refractivity contribution in [3.8, 4) is 0 Å². The maximum absolute atomic E-state index is 12.7. The fourth-order valence-electron chi connectivity index (χ4n) is 5.91. The largest absolute Gasteiger partial charge is 0.462 e. The average Bonchev–Trinajstić information content (AvgIpc) is 3.17. The normalized spacial score (nSPS) is 12.6. The lowest BCUT2D eigenvalue weighted by Gasteiger charge is -2.18. The van der Waals surface area contributed by atoms with E-state index in [0.717, 1.165) is 89.9 Å². The molecule has 0 aromatic carbocycles. The van der Waals surface area contributed by atoms with Crippen molar-refractivity contribution >= 4 is 17.9 Å². The average molecular weight is 755 g/mol. The van der Waals surface area contributed by atoms with Crippen LogP contribution in [-0.4, -0.2) is 37.2 Å². The van der Waals surface area contributed by atoms with E-state index in [1.165, 1.54) is 70.6 Å². The van der Waals surface area contributed by atoms with Crippen LogP contribution in [-0.2, 0) is 28.6 Å². The SMILES string of the molecule is CC\C=C/C=C\C=C/CCCCCCCC(=O)OC(COC(=O)CCC/C=C\CCCCCC)COC(=O)CCCCC/C=C\CCCCCCCCC. The Morgan fingerprint density at radius 2 is 0.759 bits per heavy atom. The van der Waals surface area contributed by atoms with E-state index in [0.29, 0.717) is 25.7 Å². The molecule has 1 atom stereocenters. The molecular weight excluding hydrogens is 673 g/mol.